The van der Waals surface area contributed by atoms with Gasteiger partial charge in [0.25, 0.3) is 0 Å². The van der Waals surface area contributed by atoms with Gasteiger partial charge in [-0.15, -0.1) is 6.58 Å². The minimum atomic E-state index is 0.146. The Morgan fingerprint density at radius 1 is 1.57 bits per heavy atom. The van der Waals surface area contributed by atoms with Crippen LogP contribution in [-0.2, 0) is 0 Å². The molecule has 1 atom stereocenters. The number of phenols is 1. The summed E-state index contributed by atoms with van der Waals surface area (Å²) in [5.41, 5.74) is 2.09. The smallest absolute Gasteiger partial charge is 0.120 e. The summed E-state index contributed by atoms with van der Waals surface area (Å²) >= 11 is 0. The molecule has 1 rings (SSSR count). The molecule has 1 unspecified atom stereocenters. The summed E-state index contributed by atoms with van der Waals surface area (Å²) in [4.78, 5) is 0. The van der Waals surface area contributed by atoms with Crippen molar-refractivity contribution in [2.24, 2.45) is 0 Å². The monoisotopic (exact) mass is 191 g/mol. The lowest BCUT2D eigenvalue weighted by Crippen LogP contribution is -2.18. The summed E-state index contributed by atoms with van der Waals surface area (Å²) in [5, 5.41) is 12.9. The summed E-state index contributed by atoms with van der Waals surface area (Å²) in [6.07, 6.45) is 1.81. The van der Waals surface area contributed by atoms with Crippen LogP contribution in [0.3, 0.4) is 0 Å². The minimum absolute atomic E-state index is 0.146. The van der Waals surface area contributed by atoms with Crippen molar-refractivity contribution in [3.8, 4) is 5.75 Å². The lowest BCUT2D eigenvalue weighted by atomic mass is 10.0. The molecule has 0 spiro atoms. The van der Waals surface area contributed by atoms with Crippen molar-refractivity contribution in [2.45, 2.75) is 19.9 Å². The maximum Gasteiger partial charge on any atom is 0.120 e. The molecule has 0 bridgehead atoms. The summed E-state index contributed by atoms with van der Waals surface area (Å²) in [5.74, 6) is 0.347. The number of phenolic OH excluding ortho intramolecular Hbond substituents is 1. The Kier molecular flexibility index (Phi) is 3.72. The second kappa shape index (κ2) is 4.82. The van der Waals surface area contributed by atoms with E-state index in [1.54, 1.807) is 6.07 Å². The number of aryl methyl sites for hydroxylation is 1. The van der Waals surface area contributed by atoms with Gasteiger partial charge < -0.3 is 10.4 Å². The van der Waals surface area contributed by atoms with Crippen LogP contribution in [0, 0.1) is 6.92 Å². The largest absolute Gasteiger partial charge is 0.508 e. The van der Waals surface area contributed by atoms with Gasteiger partial charge in [0.2, 0.25) is 0 Å². The van der Waals surface area contributed by atoms with Crippen molar-refractivity contribution in [3.05, 3.63) is 42.0 Å². The lowest BCUT2D eigenvalue weighted by molar-refractivity contribution is 0.455. The van der Waals surface area contributed by atoms with E-state index in [9.17, 15) is 5.11 Å². The molecule has 0 fully saturated rings. The molecule has 14 heavy (non-hydrogen) atoms. The van der Waals surface area contributed by atoms with Gasteiger partial charge in [0.1, 0.15) is 5.75 Å². The molecule has 0 aliphatic carbocycles. The topological polar surface area (TPSA) is 32.3 Å². The molecule has 1 aromatic rings. The van der Waals surface area contributed by atoms with Gasteiger partial charge in [-0.2, -0.15) is 0 Å². The molecule has 0 saturated carbocycles. The summed E-state index contributed by atoms with van der Waals surface area (Å²) < 4.78 is 0. The van der Waals surface area contributed by atoms with Gasteiger partial charge in [0, 0.05) is 18.2 Å². The standard InChI is InChI=1S/C12H17NO/c1-4-7-13-10(3)11-8-9(2)5-6-12(11)14/h4-6,8,10,13-14H,1,7H2,2-3H3. The maximum absolute atomic E-state index is 9.64. The number of hydrogen-bond acceptors (Lipinski definition) is 2. The maximum atomic E-state index is 9.64. The highest BCUT2D eigenvalue weighted by atomic mass is 16.3. The third-order valence-corrected chi connectivity index (χ3v) is 2.22. The molecule has 2 N–H and O–H groups in total. The molecule has 0 heterocycles. The first-order valence-corrected chi connectivity index (χ1v) is 4.79. The fourth-order valence-electron chi connectivity index (χ4n) is 1.39. The van der Waals surface area contributed by atoms with E-state index in [0.29, 0.717) is 5.75 Å². The van der Waals surface area contributed by atoms with Crippen molar-refractivity contribution in [1.29, 1.82) is 0 Å². The van der Waals surface area contributed by atoms with Crippen LogP contribution < -0.4 is 5.32 Å². The molecule has 0 aliphatic heterocycles. The van der Waals surface area contributed by atoms with Gasteiger partial charge in [-0.3, -0.25) is 0 Å². The average Bonchev–Trinajstić information content (AvgIpc) is 2.18. The van der Waals surface area contributed by atoms with Crippen LogP contribution in [0.2, 0.25) is 0 Å². The molecule has 0 aromatic heterocycles. The van der Waals surface area contributed by atoms with Gasteiger partial charge in [-0.1, -0.05) is 23.8 Å². The van der Waals surface area contributed by atoms with Crippen molar-refractivity contribution in [2.75, 3.05) is 6.54 Å². The molecule has 0 aliphatic rings. The SMILES string of the molecule is C=CCNC(C)c1cc(C)ccc1O. The third-order valence-electron chi connectivity index (χ3n) is 2.22. The minimum Gasteiger partial charge on any atom is -0.508 e. The second-order valence-corrected chi connectivity index (χ2v) is 3.48. The zero-order chi connectivity index (χ0) is 10.6. The third kappa shape index (κ3) is 2.60. The number of nitrogens with one attached hydrogen (secondary N) is 1. The molecule has 1 aromatic carbocycles. The van der Waals surface area contributed by atoms with Gasteiger partial charge >= 0.3 is 0 Å². The van der Waals surface area contributed by atoms with Gasteiger partial charge in [0.15, 0.2) is 0 Å². The van der Waals surface area contributed by atoms with Crippen LogP contribution in [0.25, 0.3) is 0 Å². The zero-order valence-corrected chi connectivity index (χ0v) is 8.75. The van der Waals surface area contributed by atoms with E-state index in [0.717, 1.165) is 17.7 Å². The Balaban J connectivity index is 2.82. The first-order chi connectivity index (χ1) is 6.65. The number of rotatable bonds is 4. The number of hydrogen-bond donors (Lipinski definition) is 2. The van der Waals surface area contributed by atoms with E-state index in [1.807, 2.05) is 32.1 Å². The Hall–Kier alpha value is -1.28. The first kappa shape index (κ1) is 10.8. The number of benzene rings is 1. The molecule has 2 nitrogen and oxygen atoms in total. The Morgan fingerprint density at radius 3 is 2.93 bits per heavy atom. The normalized spacial score (nSPS) is 12.4. The molecule has 76 valence electrons. The summed E-state index contributed by atoms with van der Waals surface area (Å²) in [7, 11) is 0. The van der Waals surface area contributed by atoms with Crippen LogP contribution in [-0.4, -0.2) is 11.7 Å². The van der Waals surface area contributed by atoms with Crippen LogP contribution in [0.4, 0.5) is 0 Å². The van der Waals surface area contributed by atoms with Gasteiger partial charge in [-0.05, 0) is 19.9 Å². The average molecular weight is 191 g/mol. The second-order valence-electron chi connectivity index (χ2n) is 3.48. The fourth-order valence-corrected chi connectivity index (χ4v) is 1.39. The zero-order valence-electron chi connectivity index (χ0n) is 8.75. The van der Waals surface area contributed by atoms with E-state index < -0.39 is 0 Å². The van der Waals surface area contributed by atoms with E-state index in [1.165, 1.54) is 0 Å². The van der Waals surface area contributed by atoms with E-state index in [2.05, 4.69) is 11.9 Å². The van der Waals surface area contributed by atoms with Crippen molar-refractivity contribution < 1.29 is 5.11 Å². The van der Waals surface area contributed by atoms with Crippen LogP contribution in [0.1, 0.15) is 24.1 Å². The van der Waals surface area contributed by atoms with Crippen LogP contribution in [0.5, 0.6) is 5.75 Å². The summed E-state index contributed by atoms with van der Waals surface area (Å²) in [6, 6.07) is 5.78. The number of aromatic hydroxyl groups is 1. The molecule has 0 saturated heterocycles. The van der Waals surface area contributed by atoms with Crippen molar-refractivity contribution >= 4 is 0 Å². The van der Waals surface area contributed by atoms with Crippen molar-refractivity contribution in [3.63, 3.8) is 0 Å². The highest BCUT2D eigenvalue weighted by molar-refractivity contribution is 5.37. The molecule has 0 amide bonds. The highest BCUT2D eigenvalue weighted by Gasteiger charge is 2.08. The molecular formula is C12H17NO. The van der Waals surface area contributed by atoms with E-state index in [-0.39, 0.29) is 6.04 Å². The predicted octanol–water partition coefficient (Wildman–Crippen LogP) is 2.54. The van der Waals surface area contributed by atoms with Crippen LogP contribution in [0.15, 0.2) is 30.9 Å². The van der Waals surface area contributed by atoms with Crippen LogP contribution >= 0.6 is 0 Å². The van der Waals surface area contributed by atoms with Crippen molar-refractivity contribution in [1.82, 2.24) is 5.32 Å². The Bertz CT molecular complexity index is 320. The van der Waals surface area contributed by atoms with E-state index in [4.69, 9.17) is 0 Å². The molecule has 0 radical (unpaired) electrons. The van der Waals surface area contributed by atoms with Gasteiger partial charge in [-0.25, -0.2) is 0 Å². The quantitative estimate of drug-likeness (QED) is 0.717. The van der Waals surface area contributed by atoms with E-state index >= 15 is 0 Å². The fraction of sp³-hybridized carbons (Fsp3) is 0.333. The lowest BCUT2D eigenvalue weighted by Gasteiger charge is -2.14. The first-order valence-electron chi connectivity index (χ1n) is 4.79. The Labute approximate surface area is 85.3 Å². The van der Waals surface area contributed by atoms with Gasteiger partial charge in [0.05, 0.1) is 0 Å². The molecule has 2 heteroatoms. The highest BCUT2D eigenvalue weighted by Crippen LogP contribution is 2.24. The predicted molar refractivity (Wildman–Crippen MR) is 59.5 cm³/mol. The molecular weight excluding hydrogens is 174 g/mol. The summed E-state index contributed by atoms with van der Waals surface area (Å²) in [6.45, 7) is 8.43. The Morgan fingerprint density at radius 2 is 2.29 bits per heavy atom.